The summed E-state index contributed by atoms with van der Waals surface area (Å²) in [7, 11) is 2.05. The average Bonchev–Trinajstić information content (AvgIpc) is 2.29. The zero-order valence-electron chi connectivity index (χ0n) is 8.30. The second-order valence-corrected chi connectivity index (χ2v) is 4.25. The van der Waals surface area contributed by atoms with E-state index in [1.165, 1.54) is 0 Å². The van der Waals surface area contributed by atoms with Crippen LogP contribution in [-0.4, -0.2) is 48.3 Å². The molecule has 0 radical (unpaired) electrons. The van der Waals surface area contributed by atoms with Crippen LogP contribution in [0.25, 0.3) is 0 Å². The molecular formula is C9H20N2O. The first kappa shape index (κ1) is 9.96. The summed E-state index contributed by atoms with van der Waals surface area (Å²) >= 11 is 0. The van der Waals surface area contributed by atoms with Crippen LogP contribution < -0.4 is 5.32 Å². The molecule has 1 aliphatic rings. The number of likely N-dealkylation sites (tertiary alicyclic amines) is 1. The van der Waals surface area contributed by atoms with Gasteiger partial charge in [0.25, 0.3) is 0 Å². The molecule has 0 spiro atoms. The fourth-order valence-corrected chi connectivity index (χ4v) is 1.60. The van der Waals surface area contributed by atoms with Gasteiger partial charge in [0.1, 0.15) is 0 Å². The first-order valence-electron chi connectivity index (χ1n) is 4.66. The van der Waals surface area contributed by atoms with E-state index in [1.807, 2.05) is 7.05 Å². The first-order valence-corrected chi connectivity index (χ1v) is 4.66. The molecule has 1 atom stereocenters. The van der Waals surface area contributed by atoms with E-state index in [4.69, 9.17) is 0 Å². The predicted octanol–water partition coefficient (Wildman–Crippen LogP) is 0.0510. The maximum atomic E-state index is 10.0. The van der Waals surface area contributed by atoms with Crippen molar-refractivity contribution in [1.29, 1.82) is 0 Å². The van der Waals surface area contributed by atoms with Gasteiger partial charge in [-0.3, -0.25) is 0 Å². The van der Waals surface area contributed by atoms with Crippen molar-refractivity contribution in [2.24, 2.45) is 0 Å². The molecule has 0 aromatic rings. The number of β-amino-alcohol motifs (C(OH)–C–C–N with tert-alkyl or cyclic N) is 1. The second kappa shape index (κ2) is 3.73. The van der Waals surface area contributed by atoms with Crippen LogP contribution in [-0.2, 0) is 0 Å². The molecule has 2 N–H and O–H groups in total. The van der Waals surface area contributed by atoms with E-state index in [-0.39, 0.29) is 0 Å². The Labute approximate surface area is 74.8 Å². The molecule has 0 aliphatic carbocycles. The van der Waals surface area contributed by atoms with Crippen molar-refractivity contribution in [3.8, 4) is 0 Å². The van der Waals surface area contributed by atoms with Crippen LogP contribution in [0.5, 0.6) is 0 Å². The molecule has 0 aromatic carbocycles. The summed E-state index contributed by atoms with van der Waals surface area (Å²) in [6.45, 7) is 6.72. The third kappa shape index (κ3) is 2.73. The van der Waals surface area contributed by atoms with Crippen molar-refractivity contribution in [2.45, 2.75) is 31.9 Å². The van der Waals surface area contributed by atoms with Gasteiger partial charge in [-0.1, -0.05) is 13.8 Å². The van der Waals surface area contributed by atoms with Gasteiger partial charge in [-0.15, -0.1) is 0 Å². The summed E-state index contributed by atoms with van der Waals surface area (Å²) < 4.78 is 0. The highest BCUT2D eigenvalue weighted by molar-refractivity contribution is 4.90. The molecule has 0 saturated carbocycles. The summed E-state index contributed by atoms with van der Waals surface area (Å²) in [4.78, 5) is 2.17. The fourth-order valence-electron chi connectivity index (χ4n) is 1.60. The normalized spacial score (nSPS) is 31.8. The maximum absolute atomic E-state index is 10.0. The maximum Gasteiger partial charge on any atom is 0.0909 e. The Morgan fingerprint density at radius 3 is 2.67 bits per heavy atom. The Balaban J connectivity index is 2.30. The lowest BCUT2D eigenvalue weighted by atomic mass is 10.0. The van der Waals surface area contributed by atoms with Crippen LogP contribution >= 0.6 is 0 Å². The van der Waals surface area contributed by atoms with E-state index in [1.54, 1.807) is 0 Å². The fraction of sp³-hybridized carbons (Fsp3) is 1.00. The highest BCUT2D eigenvalue weighted by Gasteiger charge is 2.33. The van der Waals surface area contributed by atoms with Crippen LogP contribution in [0.1, 0.15) is 20.3 Å². The van der Waals surface area contributed by atoms with Gasteiger partial charge in [0.15, 0.2) is 0 Å². The van der Waals surface area contributed by atoms with E-state index >= 15 is 0 Å². The summed E-state index contributed by atoms with van der Waals surface area (Å²) in [6.07, 6.45) is 0.892. The van der Waals surface area contributed by atoms with E-state index < -0.39 is 5.60 Å². The van der Waals surface area contributed by atoms with Crippen LogP contribution in [0, 0.1) is 0 Å². The lowest BCUT2D eigenvalue weighted by Crippen LogP contribution is -2.44. The van der Waals surface area contributed by atoms with Crippen molar-refractivity contribution in [3.05, 3.63) is 0 Å². The number of hydrogen-bond acceptors (Lipinski definition) is 3. The van der Waals surface area contributed by atoms with Crippen LogP contribution in [0.15, 0.2) is 0 Å². The van der Waals surface area contributed by atoms with Crippen molar-refractivity contribution in [3.63, 3.8) is 0 Å². The zero-order valence-corrected chi connectivity index (χ0v) is 8.30. The van der Waals surface area contributed by atoms with Gasteiger partial charge in [-0.2, -0.15) is 0 Å². The van der Waals surface area contributed by atoms with Crippen molar-refractivity contribution >= 4 is 0 Å². The molecule has 0 aromatic heterocycles. The molecule has 0 bridgehead atoms. The first-order chi connectivity index (χ1) is 5.52. The third-order valence-electron chi connectivity index (χ3n) is 2.36. The predicted molar refractivity (Wildman–Crippen MR) is 50.2 cm³/mol. The number of nitrogens with zero attached hydrogens (tertiary/aromatic N) is 1. The Hall–Kier alpha value is -0.120. The average molecular weight is 172 g/mol. The van der Waals surface area contributed by atoms with Gasteiger partial charge in [0.2, 0.25) is 0 Å². The molecule has 1 fully saturated rings. The number of rotatable bonds is 3. The molecule has 1 aliphatic heterocycles. The van der Waals surface area contributed by atoms with Crippen LogP contribution in [0.2, 0.25) is 0 Å². The smallest absolute Gasteiger partial charge is 0.0909 e. The van der Waals surface area contributed by atoms with Crippen molar-refractivity contribution in [1.82, 2.24) is 10.2 Å². The molecule has 3 heteroatoms. The minimum Gasteiger partial charge on any atom is -0.387 e. The van der Waals surface area contributed by atoms with Crippen molar-refractivity contribution < 1.29 is 5.11 Å². The molecule has 72 valence electrons. The lowest BCUT2D eigenvalue weighted by molar-refractivity contribution is 0.0500. The standard InChI is InChI=1S/C9H20N2O/c1-8(2)10-6-9(12)4-5-11(3)7-9/h8,10,12H,4-7H2,1-3H3. The molecule has 1 saturated heterocycles. The molecule has 1 rings (SSSR count). The summed E-state index contributed by atoms with van der Waals surface area (Å²) in [5.74, 6) is 0. The Morgan fingerprint density at radius 2 is 2.25 bits per heavy atom. The molecule has 12 heavy (non-hydrogen) atoms. The molecular weight excluding hydrogens is 152 g/mol. The molecule has 1 heterocycles. The van der Waals surface area contributed by atoms with E-state index in [0.717, 1.165) is 26.1 Å². The van der Waals surface area contributed by atoms with Crippen LogP contribution in [0.3, 0.4) is 0 Å². The van der Waals surface area contributed by atoms with Gasteiger partial charge in [0, 0.05) is 25.7 Å². The quantitative estimate of drug-likeness (QED) is 0.631. The minimum atomic E-state index is -0.487. The van der Waals surface area contributed by atoms with Gasteiger partial charge in [0.05, 0.1) is 5.60 Å². The Morgan fingerprint density at radius 1 is 1.58 bits per heavy atom. The van der Waals surface area contributed by atoms with Gasteiger partial charge < -0.3 is 15.3 Å². The van der Waals surface area contributed by atoms with E-state index in [2.05, 4.69) is 24.1 Å². The molecule has 1 unspecified atom stereocenters. The molecule has 0 amide bonds. The number of aliphatic hydroxyl groups is 1. The van der Waals surface area contributed by atoms with E-state index in [9.17, 15) is 5.11 Å². The second-order valence-electron chi connectivity index (χ2n) is 4.25. The van der Waals surface area contributed by atoms with Gasteiger partial charge >= 0.3 is 0 Å². The SMILES string of the molecule is CC(C)NCC1(O)CCN(C)C1. The highest BCUT2D eigenvalue weighted by atomic mass is 16.3. The third-order valence-corrected chi connectivity index (χ3v) is 2.36. The number of nitrogens with one attached hydrogen (secondary N) is 1. The summed E-state index contributed by atoms with van der Waals surface area (Å²) in [5, 5.41) is 13.3. The summed E-state index contributed by atoms with van der Waals surface area (Å²) in [6, 6.07) is 0.458. The van der Waals surface area contributed by atoms with E-state index in [0.29, 0.717) is 6.04 Å². The monoisotopic (exact) mass is 172 g/mol. The minimum absolute atomic E-state index is 0.458. The number of hydrogen-bond donors (Lipinski definition) is 2. The summed E-state index contributed by atoms with van der Waals surface area (Å²) in [5.41, 5.74) is -0.487. The Bertz CT molecular complexity index is 149. The Kier molecular flexibility index (Phi) is 3.09. The molecule has 3 nitrogen and oxygen atoms in total. The number of likely N-dealkylation sites (N-methyl/N-ethyl adjacent to an activating group) is 1. The van der Waals surface area contributed by atoms with Crippen LogP contribution in [0.4, 0.5) is 0 Å². The van der Waals surface area contributed by atoms with Crippen molar-refractivity contribution in [2.75, 3.05) is 26.7 Å². The highest BCUT2D eigenvalue weighted by Crippen LogP contribution is 2.18. The topological polar surface area (TPSA) is 35.5 Å². The lowest BCUT2D eigenvalue weighted by Gasteiger charge is -2.24. The largest absolute Gasteiger partial charge is 0.387 e. The van der Waals surface area contributed by atoms with Gasteiger partial charge in [-0.05, 0) is 13.5 Å². The zero-order chi connectivity index (χ0) is 9.19. The van der Waals surface area contributed by atoms with Gasteiger partial charge in [-0.25, -0.2) is 0 Å².